The van der Waals surface area contributed by atoms with Crippen molar-refractivity contribution in [2.45, 2.75) is 51.0 Å². The average Bonchev–Trinajstić information content (AvgIpc) is 3.10. The normalized spacial score (nSPS) is 28.9. The Morgan fingerprint density at radius 3 is 2.89 bits per heavy atom. The summed E-state index contributed by atoms with van der Waals surface area (Å²) in [5.74, 6) is 0. The molecule has 2 aliphatic rings. The van der Waals surface area contributed by atoms with Gasteiger partial charge in [-0.25, -0.2) is 0 Å². The summed E-state index contributed by atoms with van der Waals surface area (Å²) in [4.78, 5) is 0. The van der Waals surface area contributed by atoms with E-state index < -0.39 is 0 Å². The summed E-state index contributed by atoms with van der Waals surface area (Å²) in [5.41, 5.74) is 1.15. The van der Waals surface area contributed by atoms with Crippen LogP contribution >= 0.6 is 0 Å². The van der Waals surface area contributed by atoms with Gasteiger partial charge in [0.1, 0.15) is 0 Å². The molecule has 106 valence electrons. The van der Waals surface area contributed by atoms with Crippen molar-refractivity contribution in [3.05, 3.63) is 18.0 Å². The van der Waals surface area contributed by atoms with Gasteiger partial charge in [-0.15, -0.1) is 0 Å². The Morgan fingerprint density at radius 2 is 2.21 bits per heavy atom. The fourth-order valence-electron chi connectivity index (χ4n) is 3.60. The monoisotopic (exact) mass is 263 g/mol. The topological polar surface area (TPSA) is 50.1 Å². The molecule has 1 aromatic rings. The third kappa shape index (κ3) is 2.84. The number of hydrogen-bond donors (Lipinski definition) is 2. The third-order valence-corrected chi connectivity index (χ3v) is 4.81. The minimum absolute atomic E-state index is 0.00705. The zero-order valence-corrected chi connectivity index (χ0v) is 11.6. The van der Waals surface area contributed by atoms with Gasteiger partial charge >= 0.3 is 0 Å². The van der Waals surface area contributed by atoms with E-state index in [2.05, 4.69) is 22.3 Å². The quantitative estimate of drug-likeness (QED) is 0.872. The number of nitrogens with zero attached hydrogens (tertiary/aromatic N) is 2. The van der Waals surface area contributed by atoms with Crippen LogP contribution in [-0.2, 0) is 6.42 Å². The molecule has 1 aliphatic heterocycles. The van der Waals surface area contributed by atoms with Crippen LogP contribution in [0.2, 0.25) is 0 Å². The first-order chi connectivity index (χ1) is 9.31. The van der Waals surface area contributed by atoms with Gasteiger partial charge < -0.3 is 10.4 Å². The maximum absolute atomic E-state index is 9.75. The van der Waals surface area contributed by atoms with Crippen LogP contribution < -0.4 is 5.32 Å². The number of aromatic nitrogens is 2. The van der Waals surface area contributed by atoms with Crippen LogP contribution in [0.25, 0.3) is 0 Å². The molecule has 4 nitrogen and oxygen atoms in total. The van der Waals surface area contributed by atoms with Gasteiger partial charge in [-0.1, -0.05) is 12.8 Å². The SMILES string of the molecule is OCC1(Cc2ccn(C3CCCC3)n2)CCCNC1. The lowest BCUT2D eigenvalue weighted by molar-refractivity contribution is 0.0936. The van der Waals surface area contributed by atoms with Gasteiger partial charge in [0.25, 0.3) is 0 Å². The standard InChI is InChI=1S/C15H25N3O/c19-12-15(7-3-8-16-11-15)10-13-6-9-18(17-13)14-4-1-2-5-14/h6,9,14,16,19H,1-5,7-8,10-12H2. The van der Waals surface area contributed by atoms with E-state index in [9.17, 15) is 5.11 Å². The molecule has 0 amide bonds. The van der Waals surface area contributed by atoms with Crippen molar-refractivity contribution in [3.63, 3.8) is 0 Å². The Kier molecular flexibility index (Phi) is 3.89. The Hall–Kier alpha value is -0.870. The molecule has 1 atom stereocenters. The van der Waals surface area contributed by atoms with Gasteiger partial charge in [-0.05, 0) is 38.3 Å². The van der Waals surface area contributed by atoms with Crippen molar-refractivity contribution < 1.29 is 5.11 Å². The highest BCUT2D eigenvalue weighted by molar-refractivity contribution is 5.05. The van der Waals surface area contributed by atoms with Crippen molar-refractivity contribution in [1.82, 2.24) is 15.1 Å². The fourth-order valence-corrected chi connectivity index (χ4v) is 3.60. The first kappa shape index (κ1) is 13.1. The van der Waals surface area contributed by atoms with E-state index in [0.29, 0.717) is 6.04 Å². The molecular formula is C15H25N3O. The van der Waals surface area contributed by atoms with Crippen LogP contribution in [0.3, 0.4) is 0 Å². The van der Waals surface area contributed by atoms with Crippen molar-refractivity contribution in [1.29, 1.82) is 0 Å². The van der Waals surface area contributed by atoms with E-state index in [4.69, 9.17) is 5.10 Å². The van der Waals surface area contributed by atoms with Crippen molar-refractivity contribution in [2.24, 2.45) is 5.41 Å². The number of hydrogen-bond acceptors (Lipinski definition) is 3. The Balaban J connectivity index is 1.68. The molecule has 4 heteroatoms. The molecule has 2 heterocycles. The predicted molar refractivity (Wildman–Crippen MR) is 75.1 cm³/mol. The number of aliphatic hydroxyl groups is 1. The maximum atomic E-state index is 9.75. The fraction of sp³-hybridized carbons (Fsp3) is 0.800. The summed E-state index contributed by atoms with van der Waals surface area (Å²) >= 11 is 0. The molecule has 0 aromatic carbocycles. The molecule has 1 saturated heterocycles. The minimum atomic E-state index is 0.00705. The number of aliphatic hydroxyl groups excluding tert-OH is 1. The number of piperidine rings is 1. The Labute approximate surface area is 115 Å². The van der Waals surface area contributed by atoms with Crippen LogP contribution in [0.1, 0.15) is 50.3 Å². The molecule has 0 spiro atoms. The second kappa shape index (κ2) is 5.63. The van der Waals surface area contributed by atoms with Crippen LogP contribution in [0.5, 0.6) is 0 Å². The second-order valence-electron chi connectivity index (χ2n) is 6.34. The molecule has 3 rings (SSSR count). The zero-order valence-electron chi connectivity index (χ0n) is 11.6. The summed E-state index contributed by atoms with van der Waals surface area (Å²) in [7, 11) is 0. The molecule has 1 saturated carbocycles. The first-order valence-corrected chi connectivity index (χ1v) is 7.67. The summed E-state index contributed by atoms with van der Waals surface area (Å²) < 4.78 is 2.16. The van der Waals surface area contributed by atoms with E-state index in [-0.39, 0.29) is 12.0 Å². The summed E-state index contributed by atoms with van der Waals surface area (Å²) in [5, 5.41) is 17.9. The number of nitrogens with one attached hydrogen (secondary N) is 1. The lowest BCUT2D eigenvalue weighted by atomic mass is 9.78. The van der Waals surface area contributed by atoms with Gasteiger partial charge in [0.2, 0.25) is 0 Å². The van der Waals surface area contributed by atoms with Gasteiger partial charge in [0, 0.05) is 24.6 Å². The van der Waals surface area contributed by atoms with Gasteiger partial charge in [0.05, 0.1) is 18.3 Å². The largest absolute Gasteiger partial charge is 0.396 e. The van der Waals surface area contributed by atoms with Crippen molar-refractivity contribution in [3.8, 4) is 0 Å². The molecule has 0 radical (unpaired) electrons. The van der Waals surface area contributed by atoms with Crippen LogP contribution in [0.4, 0.5) is 0 Å². The number of rotatable bonds is 4. The van der Waals surface area contributed by atoms with Crippen LogP contribution in [-0.4, -0.2) is 34.6 Å². The molecule has 2 N–H and O–H groups in total. The second-order valence-corrected chi connectivity index (χ2v) is 6.34. The van der Waals surface area contributed by atoms with Gasteiger partial charge in [0.15, 0.2) is 0 Å². The highest BCUT2D eigenvalue weighted by atomic mass is 16.3. The molecule has 1 unspecified atom stereocenters. The predicted octanol–water partition coefficient (Wildman–Crippen LogP) is 1.90. The smallest absolute Gasteiger partial charge is 0.0631 e. The van der Waals surface area contributed by atoms with Crippen molar-refractivity contribution in [2.75, 3.05) is 19.7 Å². The van der Waals surface area contributed by atoms with Gasteiger partial charge in [-0.2, -0.15) is 5.10 Å². The molecular weight excluding hydrogens is 238 g/mol. The molecule has 0 bridgehead atoms. The first-order valence-electron chi connectivity index (χ1n) is 7.67. The van der Waals surface area contributed by atoms with Crippen LogP contribution in [0, 0.1) is 5.41 Å². The van der Waals surface area contributed by atoms with Crippen LogP contribution in [0.15, 0.2) is 12.3 Å². The van der Waals surface area contributed by atoms with E-state index in [1.165, 1.54) is 25.7 Å². The average molecular weight is 263 g/mol. The molecule has 19 heavy (non-hydrogen) atoms. The lowest BCUT2D eigenvalue weighted by Gasteiger charge is -2.35. The molecule has 2 fully saturated rings. The maximum Gasteiger partial charge on any atom is 0.0631 e. The summed E-state index contributed by atoms with van der Waals surface area (Å²) in [6.45, 7) is 2.26. The van der Waals surface area contributed by atoms with E-state index in [1.54, 1.807) is 0 Å². The molecule has 1 aliphatic carbocycles. The summed E-state index contributed by atoms with van der Waals surface area (Å²) in [6.07, 6.45) is 10.5. The summed E-state index contributed by atoms with van der Waals surface area (Å²) in [6, 6.07) is 2.76. The minimum Gasteiger partial charge on any atom is -0.396 e. The molecule has 1 aromatic heterocycles. The third-order valence-electron chi connectivity index (χ3n) is 4.81. The van der Waals surface area contributed by atoms with E-state index in [1.807, 2.05) is 0 Å². The Bertz CT molecular complexity index is 403. The van der Waals surface area contributed by atoms with Gasteiger partial charge in [-0.3, -0.25) is 4.68 Å². The zero-order chi connectivity index (χ0) is 13.1. The van der Waals surface area contributed by atoms with E-state index >= 15 is 0 Å². The highest BCUT2D eigenvalue weighted by Crippen LogP contribution is 2.31. The highest BCUT2D eigenvalue weighted by Gasteiger charge is 2.32. The van der Waals surface area contributed by atoms with E-state index in [0.717, 1.165) is 38.0 Å². The lowest BCUT2D eigenvalue weighted by Crippen LogP contribution is -2.44. The van der Waals surface area contributed by atoms with Crippen molar-refractivity contribution >= 4 is 0 Å². The Morgan fingerprint density at radius 1 is 1.37 bits per heavy atom.